The number of hydrogen-bond acceptors (Lipinski definition) is 5. The minimum absolute atomic E-state index is 0.228. The van der Waals surface area contributed by atoms with Crippen LogP contribution in [0.5, 0.6) is 5.75 Å². The first-order valence-electron chi connectivity index (χ1n) is 8.83. The van der Waals surface area contributed by atoms with Gasteiger partial charge in [-0.1, -0.05) is 41.6 Å². The normalized spacial score (nSPS) is 13.3. The second kappa shape index (κ2) is 8.56. The first kappa shape index (κ1) is 21.1. The molecular formula is C20H14ClF3N2O2S2. The van der Waals surface area contributed by atoms with Crippen molar-refractivity contribution < 1.29 is 17.9 Å². The van der Waals surface area contributed by atoms with Gasteiger partial charge in [0.1, 0.15) is 5.75 Å². The van der Waals surface area contributed by atoms with Crippen LogP contribution in [0.4, 0.5) is 13.2 Å². The molecule has 2 heterocycles. The first-order chi connectivity index (χ1) is 14.3. The third-order valence-corrected chi connectivity index (χ3v) is 6.77. The van der Waals surface area contributed by atoms with Gasteiger partial charge in [-0.15, -0.1) is 24.9 Å². The molecule has 0 amide bonds. The lowest BCUT2D eigenvalue weighted by Crippen LogP contribution is -2.24. The maximum atomic E-state index is 13.1. The van der Waals surface area contributed by atoms with E-state index in [0.29, 0.717) is 32.9 Å². The third-order valence-electron chi connectivity index (χ3n) is 4.31. The zero-order valence-electron chi connectivity index (χ0n) is 15.3. The van der Waals surface area contributed by atoms with Gasteiger partial charge in [0.25, 0.3) is 5.56 Å². The highest BCUT2D eigenvalue weighted by Gasteiger charge is 2.31. The van der Waals surface area contributed by atoms with E-state index in [4.69, 9.17) is 11.6 Å². The molecule has 10 heteroatoms. The fourth-order valence-electron chi connectivity index (χ4n) is 2.97. The molecule has 30 heavy (non-hydrogen) atoms. The standard InChI is InChI=1S/C20H14ClF3N2O2S2/c21-15-4-2-1-3-12(15)11-30-19-25-16-9-10-29-17(16)18(27)26(19)13-5-7-14(8-6-13)28-20(22,23)24/h1-8H,9-11H2. The fraction of sp³-hybridized carbons (Fsp3) is 0.200. The van der Waals surface area contributed by atoms with Crippen LogP contribution in [-0.2, 0) is 12.2 Å². The Labute approximate surface area is 183 Å². The average molecular weight is 471 g/mol. The summed E-state index contributed by atoms with van der Waals surface area (Å²) in [6, 6.07) is 12.6. The van der Waals surface area contributed by atoms with Gasteiger partial charge >= 0.3 is 6.36 Å². The highest BCUT2D eigenvalue weighted by molar-refractivity contribution is 7.99. The van der Waals surface area contributed by atoms with Crippen LogP contribution in [0.1, 0.15) is 11.3 Å². The lowest BCUT2D eigenvalue weighted by atomic mass is 10.2. The van der Waals surface area contributed by atoms with Gasteiger partial charge in [-0.2, -0.15) is 0 Å². The van der Waals surface area contributed by atoms with E-state index in [2.05, 4.69) is 9.72 Å². The molecule has 3 aromatic rings. The Morgan fingerprint density at radius 1 is 1.17 bits per heavy atom. The molecule has 0 saturated heterocycles. The zero-order chi connectivity index (χ0) is 21.3. The van der Waals surface area contributed by atoms with E-state index < -0.39 is 6.36 Å². The Kier molecular flexibility index (Phi) is 6.04. The van der Waals surface area contributed by atoms with Crippen molar-refractivity contribution in [2.75, 3.05) is 5.75 Å². The number of nitrogens with zero attached hydrogens (tertiary/aromatic N) is 2. The van der Waals surface area contributed by atoms with E-state index in [1.807, 2.05) is 18.2 Å². The van der Waals surface area contributed by atoms with Gasteiger partial charge in [0.2, 0.25) is 0 Å². The molecule has 156 valence electrons. The fourth-order valence-corrected chi connectivity index (χ4v) is 5.31. The Balaban J connectivity index is 1.71. The summed E-state index contributed by atoms with van der Waals surface area (Å²) in [7, 11) is 0. The van der Waals surface area contributed by atoms with Crippen LogP contribution in [0.2, 0.25) is 5.02 Å². The minimum Gasteiger partial charge on any atom is -0.406 e. The van der Waals surface area contributed by atoms with E-state index >= 15 is 0 Å². The lowest BCUT2D eigenvalue weighted by molar-refractivity contribution is -0.274. The number of benzene rings is 2. The van der Waals surface area contributed by atoms with E-state index in [1.165, 1.54) is 52.4 Å². The van der Waals surface area contributed by atoms with Gasteiger partial charge in [0.15, 0.2) is 5.16 Å². The van der Waals surface area contributed by atoms with E-state index in [-0.39, 0.29) is 11.3 Å². The monoisotopic (exact) mass is 470 g/mol. The number of rotatable bonds is 5. The quantitative estimate of drug-likeness (QED) is 0.352. The maximum Gasteiger partial charge on any atom is 0.573 e. The second-order valence-electron chi connectivity index (χ2n) is 6.33. The van der Waals surface area contributed by atoms with Crippen LogP contribution in [0.15, 0.2) is 63.4 Å². The largest absolute Gasteiger partial charge is 0.573 e. The van der Waals surface area contributed by atoms with Crippen LogP contribution in [0.25, 0.3) is 5.69 Å². The van der Waals surface area contributed by atoms with E-state index in [9.17, 15) is 18.0 Å². The lowest BCUT2D eigenvalue weighted by Gasteiger charge is -2.15. The van der Waals surface area contributed by atoms with Crippen molar-refractivity contribution in [1.29, 1.82) is 0 Å². The molecule has 1 aromatic heterocycles. The van der Waals surface area contributed by atoms with Gasteiger partial charge in [0, 0.05) is 22.9 Å². The summed E-state index contributed by atoms with van der Waals surface area (Å²) in [4.78, 5) is 18.4. The Bertz CT molecular complexity index is 1130. The Hall–Kier alpha value is -2.10. The molecule has 0 bridgehead atoms. The van der Waals surface area contributed by atoms with Crippen LogP contribution >= 0.6 is 35.1 Å². The first-order valence-corrected chi connectivity index (χ1v) is 11.2. The zero-order valence-corrected chi connectivity index (χ0v) is 17.7. The van der Waals surface area contributed by atoms with Crippen molar-refractivity contribution in [3.05, 3.63) is 75.2 Å². The van der Waals surface area contributed by atoms with Gasteiger partial charge in [-0.05, 0) is 35.9 Å². The summed E-state index contributed by atoms with van der Waals surface area (Å²) >= 11 is 9.02. The summed E-state index contributed by atoms with van der Waals surface area (Å²) in [5.74, 6) is 0.912. The maximum absolute atomic E-state index is 13.1. The minimum atomic E-state index is -4.78. The molecule has 4 nitrogen and oxygen atoms in total. The number of alkyl halides is 3. The molecule has 0 N–H and O–H groups in total. The van der Waals surface area contributed by atoms with Crippen LogP contribution < -0.4 is 10.3 Å². The van der Waals surface area contributed by atoms with E-state index in [0.717, 1.165) is 17.0 Å². The molecule has 0 fully saturated rings. The van der Waals surface area contributed by atoms with Crippen LogP contribution in [-0.4, -0.2) is 21.7 Å². The molecule has 0 aliphatic carbocycles. The predicted octanol–water partition coefficient (Wildman–Crippen LogP) is 5.73. The molecule has 0 spiro atoms. The molecule has 1 aliphatic rings. The number of ether oxygens (including phenoxy) is 1. The van der Waals surface area contributed by atoms with Crippen LogP contribution in [0.3, 0.4) is 0 Å². The molecule has 0 radical (unpaired) electrons. The van der Waals surface area contributed by atoms with E-state index in [1.54, 1.807) is 6.07 Å². The highest BCUT2D eigenvalue weighted by atomic mass is 35.5. The molecule has 0 atom stereocenters. The van der Waals surface area contributed by atoms with Crippen LogP contribution in [0, 0.1) is 0 Å². The third kappa shape index (κ3) is 4.63. The Morgan fingerprint density at radius 2 is 1.90 bits per heavy atom. The highest BCUT2D eigenvalue weighted by Crippen LogP contribution is 2.32. The molecule has 4 rings (SSSR count). The summed E-state index contributed by atoms with van der Waals surface area (Å²) in [6.07, 6.45) is -4.08. The van der Waals surface area contributed by atoms with Crippen molar-refractivity contribution >= 4 is 35.1 Å². The molecule has 2 aromatic carbocycles. The number of aryl methyl sites for hydroxylation is 1. The number of hydrogen-bond donors (Lipinski definition) is 0. The number of halogens is 4. The van der Waals surface area contributed by atoms with Crippen molar-refractivity contribution in [2.24, 2.45) is 0 Å². The molecule has 1 aliphatic heterocycles. The van der Waals surface area contributed by atoms with Crippen molar-refractivity contribution in [1.82, 2.24) is 9.55 Å². The topological polar surface area (TPSA) is 44.1 Å². The van der Waals surface area contributed by atoms with Gasteiger partial charge in [-0.3, -0.25) is 9.36 Å². The molecular weight excluding hydrogens is 457 g/mol. The summed E-state index contributed by atoms with van der Waals surface area (Å²) in [5.41, 5.74) is 1.83. The van der Waals surface area contributed by atoms with Gasteiger partial charge in [0.05, 0.1) is 16.3 Å². The molecule has 0 saturated carbocycles. The number of fused-ring (bicyclic) bond motifs is 1. The predicted molar refractivity (Wildman–Crippen MR) is 112 cm³/mol. The number of thioether (sulfide) groups is 2. The van der Waals surface area contributed by atoms with Gasteiger partial charge in [-0.25, -0.2) is 4.98 Å². The number of aromatic nitrogens is 2. The summed E-state index contributed by atoms with van der Waals surface area (Å²) in [5, 5.41) is 1.08. The second-order valence-corrected chi connectivity index (χ2v) is 8.79. The van der Waals surface area contributed by atoms with Crippen molar-refractivity contribution in [2.45, 2.75) is 28.6 Å². The SMILES string of the molecule is O=c1c2c(nc(SCc3ccccc3Cl)n1-c1ccc(OC(F)(F)F)cc1)CCS2. The molecule has 0 unspecified atom stereocenters. The van der Waals surface area contributed by atoms with Crippen molar-refractivity contribution in [3.63, 3.8) is 0 Å². The van der Waals surface area contributed by atoms with Gasteiger partial charge < -0.3 is 4.74 Å². The summed E-state index contributed by atoms with van der Waals surface area (Å²) < 4.78 is 42.6. The average Bonchev–Trinajstić information content (AvgIpc) is 3.16. The van der Waals surface area contributed by atoms with Crippen molar-refractivity contribution in [3.8, 4) is 11.4 Å². The summed E-state index contributed by atoms with van der Waals surface area (Å²) in [6.45, 7) is 0. The smallest absolute Gasteiger partial charge is 0.406 e. The Morgan fingerprint density at radius 3 is 2.60 bits per heavy atom.